The van der Waals surface area contributed by atoms with E-state index in [0.717, 1.165) is 25.0 Å². The van der Waals surface area contributed by atoms with Gasteiger partial charge in [0.15, 0.2) is 0 Å². The zero-order valence-corrected chi connectivity index (χ0v) is 32.1. The van der Waals surface area contributed by atoms with Crippen molar-refractivity contribution in [3.05, 3.63) is 83.6 Å². The molecule has 0 saturated carbocycles. The van der Waals surface area contributed by atoms with Crippen LogP contribution < -0.4 is 0 Å². The van der Waals surface area contributed by atoms with Crippen molar-refractivity contribution < 1.29 is 36.6 Å². The smallest absolute Gasteiger partial charge is 0.410 e. The number of carbonyl (C=O) groups excluding carboxylic acids is 2. The predicted octanol–water partition coefficient (Wildman–Crippen LogP) is 10.6. The number of amides is 2. The van der Waals surface area contributed by atoms with Crippen molar-refractivity contribution in [2.75, 3.05) is 13.1 Å². The quantitative estimate of drug-likeness (QED) is 0.176. The molecule has 2 aromatic heterocycles. The summed E-state index contributed by atoms with van der Waals surface area (Å²) >= 11 is 0. The van der Waals surface area contributed by atoms with E-state index in [1.54, 1.807) is 60.9 Å². The summed E-state index contributed by atoms with van der Waals surface area (Å²) in [5.74, 6) is -8.02. The number of nitrogens with zero attached hydrogens (tertiary/aromatic N) is 4. The van der Waals surface area contributed by atoms with Crippen LogP contribution in [0.1, 0.15) is 102 Å². The molecule has 2 N–H and O–H groups in total. The molecule has 10 nitrogen and oxygen atoms in total. The van der Waals surface area contributed by atoms with Crippen molar-refractivity contribution in [2.24, 2.45) is 0 Å². The Morgan fingerprint density at radius 3 is 1.77 bits per heavy atom. The summed E-state index contributed by atoms with van der Waals surface area (Å²) in [6.07, 6.45) is 3.41. The highest BCUT2D eigenvalue weighted by Gasteiger charge is 2.62. The van der Waals surface area contributed by atoms with Crippen molar-refractivity contribution >= 4 is 23.2 Å². The second-order valence-corrected chi connectivity index (χ2v) is 16.9. The molecule has 0 radical (unpaired) electrons. The fourth-order valence-corrected chi connectivity index (χ4v) is 7.96. The molecule has 294 valence electrons. The number of alkyl halides is 4. The first-order valence-electron chi connectivity index (χ1n) is 18.9. The number of fused-ring (bicyclic) bond motifs is 4. The lowest BCUT2D eigenvalue weighted by Crippen LogP contribution is -2.39. The maximum atomic E-state index is 16.1. The largest absolute Gasteiger partial charge is 0.444 e. The molecule has 2 amide bonds. The third-order valence-corrected chi connectivity index (χ3v) is 10.5. The van der Waals surface area contributed by atoms with Gasteiger partial charge in [0.25, 0.3) is 0 Å². The van der Waals surface area contributed by atoms with Gasteiger partial charge in [-0.2, -0.15) is 17.6 Å². The lowest BCUT2D eigenvalue weighted by Gasteiger charge is -2.35. The third kappa shape index (κ3) is 6.56. The van der Waals surface area contributed by atoms with Gasteiger partial charge in [-0.05, 0) is 114 Å². The lowest BCUT2D eigenvalue weighted by atomic mass is 9.78. The molecule has 2 aliphatic heterocycles. The van der Waals surface area contributed by atoms with Crippen molar-refractivity contribution in [1.29, 1.82) is 0 Å². The van der Waals surface area contributed by atoms with E-state index >= 15 is 17.6 Å². The van der Waals surface area contributed by atoms with Crippen LogP contribution in [0.25, 0.3) is 44.5 Å². The lowest BCUT2D eigenvalue weighted by molar-refractivity contribution is -0.225. The molecule has 2 saturated heterocycles. The van der Waals surface area contributed by atoms with Crippen LogP contribution in [0.4, 0.5) is 27.2 Å². The van der Waals surface area contributed by atoms with Crippen LogP contribution in [-0.2, 0) is 21.3 Å². The molecule has 0 spiro atoms. The molecular formula is C42H44F4N6O4. The van der Waals surface area contributed by atoms with E-state index < -0.39 is 52.4 Å². The maximum Gasteiger partial charge on any atom is 0.410 e. The summed E-state index contributed by atoms with van der Waals surface area (Å²) < 4.78 is 75.5. The van der Waals surface area contributed by atoms with Gasteiger partial charge in [-0.1, -0.05) is 30.3 Å². The van der Waals surface area contributed by atoms with E-state index in [0.29, 0.717) is 65.4 Å². The Bertz CT molecular complexity index is 2360. The topological polar surface area (TPSA) is 116 Å². The zero-order chi connectivity index (χ0) is 39.9. The molecule has 2 fully saturated rings. The summed E-state index contributed by atoms with van der Waals surface area (Å²) in [5, 5.41) is 0. The first kappa shape index (κ1) is 37.5. The highest BCUT2D eigenvalue weighted by molar-refractivity contribution is 5.85. The monoisotopic (exact) mass is 772 g/mol. The first-order chi connectivity index (χ1) is 26.3. The zero-order valence-electron chi connectivity index (χ0n) is 32.1. The number of hydrogen-bond donors (Lipinski definition) is 2. The second-order valence-electron chi connectivity index (χ2n) is 16.9. The van der Waals surface area contributed by atoms with Gasteiger partial charge < -0.3 is 19.4 Å². The van der Waals surface area contributed by atoms with Crippen LogP contribution in [0.15, 0.2) is 60.8 Å². The molecule has 1 aliphatic carbocycles. The van der Waals surface area contributed by atoms with Gasteiger partial charge in [0.1, 0.15) is 22.9 Å². The number of benzene rings is 3. The normalized spacial score (nSPS) is 20.2. The Labute approximate surface area is 321 Å². The van der Waals surface area contributed by atoms with Gasteiger partial charge in [0, 0.05) is 29.8 Å². The fraction of sp³-hybridized carbons (Fsp3) is 0.429. The minimum atomic E-state index is -4.53. The minimum absolute atomic E-state index is 0.0117. The second kappa shape index (κ2) is 13.1. The molecule has 4 heterocycles. The van der Waals surface area contributed by atoms with Crippen molar-refractivity contribution in [3.8, 4) is 33.5 Å². The van der Waals surface area contributed by atoms with Crippen molar-refractivity contribution in [1.82, 2.24) is 29.7 Å². The van der Waals surface area contributed by atoms with Crippen LogP contribution in [-0.4, -0.2) is 66.2 Å². The summed E-state index contributed by atoms with van der Waals surface area (Å²) in [6.45, 7) is 11.8. The number of rotatable bonds is 4. The van der Waals surface area contributed by atoms with Crippen LogP contribution in [0, 0.1) is 0 Å². The van der Waals surface area contributed by atoms with E-state index in [1.807, 2.05) is 20.8 Å². The van der Waals surface area contributed by atoms with Gasteiger partial charge in [-0.15, -0.1) is 0 Å². The SMILES string of the molecule is CC(C)(C)OC(=O)N1CCCC1c1ncc(-c2ccc3c(c2)C(F)(F)C(F)(F)c2cc(-c4ccc5nc([C@@H]6CCCN6C(=O)OC(C)(C)C)[nH]c5c4)ccc2-3)[nH]1. The fourth-order valence-electron chi connectivity index (χ4n) is 7.96. The predicted molar refractivity (Wildman–Crippen MR) is 202 cm³/mol. The van der Waals surface area contributed by atoms with Gasteiger partial charge >= 0.3 is 24.0 Å². The first-order valence-corrected chi connectivity index (χ1v) is 18.9. The van der Waals surface area contributed by atoms with Gasteiger partial charge in [0.2, 0.25) is 0 Å². The number of aromatic amines is 2. The van der Waals surface area contributed by atoms with Crippen molar-refractivity contribution in [2.45, 2.75) is 102 Å². The van der Waals surface area contributed by atoms with E-state index in [9.17, 15) is 9.59 Å². The molecule has 2 atom stereocenters. The van der Waals surface area contributed by atoms with Crippen LogP contribution >= 0.6 is 0 Å². The Kier molecular flexibility index (Phi) is 8.77. The van der Waals surface area contributed by atoms with Gasteiger partial charge in [-0.3, -0.25) is 9.80 Å². The number of likely N-dealkylation sites (tertiary alicyclic amines) is 2. The molecule has 8 rings (SSSR count). The Morgan fingerprint density at radius 2 is 1.20 bits per heavy atom. The molecule has 3 aliphatic rings. The van der Waals surface area contributed by atoms with Gasteiger partial charge in [-0.25, -0.2) is 19.6 Å². The number of H-pyrrole nitrogens is 2. The number of carbonyl (C=O) groups is 2. The third-order valence-electron chi connectivity index (χ3n) is 10.5. The van der Waals surface area contributed by atoms with Gasteiger partial charge in [0.05, 0.1) is 35.0 Å². The number of halogens is 4. The molecular weight excluding hydrogens is 728 g/mol. The van der Waals surface area contributed by atoms with Crippen LogP contribution in [0.3, 0.4) is 0 Å². The number of ether oxygens (including phenoxy) is 2. The molecule has 3 aromatic carbocycles. The molecule has 14 heteroatoms. The van der Waals surface area contributed by atoms with E-state index in [1.165, 1.54) is 18.3 Å². The Balaban J connectivity index is 1.08. The highest BCUT2D eigenvalue weighted by Crippen LogP contribution is 2.58. The maximum absolute atomic E-state index is 16.1. The average Bonchev–Trinajstić information content (AvgIpc) is 3.94. The average molecular weight is 773 g/mol. The van der Waals surface area contributed by atoms with E-state index in [-0.39, 0.29) is 22.7 Å². The van der Waals surface area contributed by atoms with Crippen LogP contribution in [0.2, 0.25) is 0 Å². The van der Waals surface area contributed by atoms with Crippen LogP contribution in [0.5, 0.6) is 0 Å². The summed E-state index contributed by atoms with van der Waals surface area (Å²) in [7, 11) is 0. The number of nitrogens with one attached hydrogen (secondary N) is 2. The summed E-state index contributed by atoms with van der Waals surface area (Å²) in [4.78, 5) is 44.6. The Morgan fingerprint density at radius 1 is 0.696 bits per heavy atom. The minimum Gasteiger partial charge on any atom is -0.444 e. The number of aromatic nitrogens is 4. The molecule has 56 heavy (non-hydrogen) atoms. The molecule has 0 bridgehead atoms. The van der Waals surface area contributed by atoms with E-state index in [2.05, 4.69) is 15.0 Å². The number of hydrogen-bond acceptors (Lipinski definition) is 6. The standard InChI is InChI=1S/C42H44F4N6O4/c1-39(2,3)55-37(53)51-17-7-9-33(51)35-47-22-32(50-35)25-12-15-27-26-14-11-23(19-28(26)41(43,44)42(45,46)29(27)20-25)24-13-16-30-31(21-24)49-36(48-30)34-10-8-18-52(34)38(54)56-40(4,5)6/h11-16,19-22,33-34H,7-10,17-18H2,1-6H3,(H,47,50)(H,48,49)/t33?,34-/m0/s1. The number of imidazole rings is 2. The molecule has 1 unspecified atom stereocenters. The Hall–Kier alpha value is -5.40. The summed E-state index contributed by atoms with van der Waals surface area (Å²) in [6, 6.07) is 12.9. The van der Waals surface area contributed by atoms with E-state index in [4.69, 9.17) is 14.5 Å². The highest BCUT2D eigenvalue weighted by atomic mass is 19.3. The molecule has 5 aromatic rings. The van der Waals surface area contributed by atoms with Crippen molar-refractivity contribution in [3.63, 3.8) is 0 Å². The summed E-state index contributed by atoms with van der Waals surface area (Å²) in [5.41, 5.74) is -0.118.